The van der Waals surface area contributed by atoms with E-state index in [9.17, 15) is 14.4 Å². The molecule has 2 rings (SSSR count). The molecule has 1 aromatic carbocycles. The van der Waals surface area contributed by atoms with E-state index in [1.165, 1.54) is 12.0 Å². The molecule has 0 aliphatic carbocycles. The minimum atomic E-state index is -0.890. The molecule has 0 spiro atoms. The lowest BCUT2D eigenvalue weighted by Crippen LogP contribution is -2.58. The van der Waals surface area contributed by atoms with Gasteiger partial charge in [0.25, 0.3) is 5.91 Å². The van der Waals surface area contributed by atoms with E-state index in [0.717, 1.165) is 5.56 Å². The van der Waals surface area contributed by atoms with Gasteiger partial charge in [-0.05, 0) is 31.5 Å². The molecule has 1 aromatic rings. The molecule has 0 aromatic heterocycles. The van der Waals surface area contributed by atoms with Gasteiger partial charge in [0.2, 0.25) is 5.91 Å². The number of ether oxygens (including phenoxy) is 3. The summed E-state index contributed by atoms with van der Waals surface area (Å²) >= 11 is 0. The molecule has 1 heterocycles. The Morgan fingerprint density at radius 1 is 1.31 bits per heavy atom. The van der Waals surface area contributed by atoms with Crippen molar-refractivity contribution in [1.29, 1.82) is 0 Å². The number of nitrogens with one attached hydrogen (secondary N) is 1. The largest absolute Gasteiger partial charge is 0.493 e. The molecule has 1 unspecified atom stereocenters. The Morgan fingerprint density at radius 3 is 2.77 bits per heavy atom. The van der Waals surface area contributed by atoms with Gasteiger partial charge in [0.15, 0.2) is 18.1 Å². The SMILES string of the molecule is CCOC(=O)CC1C(=O)NCCN1C(=O)COc1ccc(C)cc1OC. The number of carbonyl (C=O) groups excluding carboxylic acids is 3. The summed E-state index contributed by atoms with van der Waals surface area (Å²) < 4.78 is 15.7. The molecule has 8 nitrogen and oxygen atoms in total. The highest BCUT2D eigenvalue weighted by atomic mass is 16.5. The molecule has 1 N–H and O–H groups in total. The molecule has 1 saturated heterocycles. The Bertz CT molecular complexity index is 676. The molecule has 1 atom stereocenters. The normalized spacial score (nSPS) is 16.7. The Labute approximate surface area is 152 Å². The third kappa shape index (κ3) is 4.87. The van der Waals surface area contributed by atoms with Gasteiger partial charge in [-0.3, -0.25) is 14.4 Å². The summed E-state index contributed by atoms with van der Waals surface area (Å²) in [6.45, 7) is 4.21. The topological polar surface area (TPSA) is 94.2 Å². The Kier molecular flexibility index (Phi) is 6.82. The summed E-state index contributed by atoms with van der Waals surface area (Å²) in [5, 5.41) is 2.66. The summed E-state index contributed by atoms with van der Waals surface area (Å²) in [6, 6.07) is 4.48. The second-order valence-electron chi connectivity index (χ2n) is 5.85. The molecular formula is C18H24N2O6. The van der Waals surface area contributed by atoms with Crippen molar-refractivity contribution in [2.24, 2.45) is 0 Å². The first-order valence-electron chi connectivity index (χ1n) is 8.46. The number of rotatable bonds is 7. The van der Waals surface area contributed by atoms with Gasteiger partial charge in [0.05, 0.1) is 20.1 Å². The van der Waals surface area contributed by atoms with Crippen LogP contribution in [0.25, 0.3) is 0 Å². The van der Waals surface area contributed by atoms with Gasteiger partial charge in [0.1, 0.15) is 6.04 Å². The number of benzene rings is 1. The molecule has 8 heteroatoms. The number of esters is 1. The van der Waals surface area contributed by atoms with Crippen molar-refractivity contribution in [3.05, 3.63) is 23.8 Å². The van der Waals surface area contributed by atoms with Crippen LogP contribution in [-0.2, 0) is 19.1 Å². The summed E-state index contributed by atoms with van der Waals surface area (Å²) in [5.41, 5.74) is 1.00. The van der Waals surface area contributed by atoms with Gasteiger partial charge in [-0.15, -0.1) is 0 Å². The third-order valence-corrected chi connectivity index (χ3v) is 3.99. The van der Waals surface area contributed by atoms with Crippen LogP contribution in [0.3, 0.4) is 0 Å². The van der Waals surface area contributed by atoms with Crippen LogP contribution < -0.4 is 14.8 Å². The summed E-state index contributed by atoms with van der Waals surface area (Å²) in [7, 11) is 1.52. The smallest absolute Gasteiger partial charge is 0.308 e. The van der Waals surface area contributed by atoms with Crippen molar-refractivity contribution in [3.8, 4) is 11.5 Å². The van der Waals surface area contributed by atoms with E-state index in [0.29, 0.717) is 24.6 Å². The van der Waals surface area contributed by atoms with E-state index >= 15 is 0 Å². The maximum Gasteiger partial charge on any atom is 0.308 e. The fraction of sp³-hybridized carbons (Fsp3) is 0.500. The Hall–Kier alpha value is -2.77. The van der Waals surface area contributed by atoms with E-state index in [1.54, 1.807) is 19.1 Å². The molecule has 26 heavy (non-hydrogen) atoms. The van der Waals surface area contributed by atoms with Crippen LogP contribution >= 0.6 is 0 Å². The average molecular weight is 364 g/mol. The molecular weight excluding hydrogens is 340 g/mol. The molecule has 0 saturated carbocycles. The zero-order valence-electron chi connectivity index (χ0n) is 15.2. The van der Waals surface area contributed by atoms with Crippen molar-refractivity contribution in [1.82, 2.24) is 10.2 Å². The van der Waals surface area contributed by atoms with Crippen LogP contribution in [-0.4, -0.2) is 62.1 Å². The van der Waals surface area contributed by atoms with E-state index in [-0.39, 0.29) is 31.4 Å². The molecule has 1 aliphatic rings. The maximum absolute atomic E-state index is 12.6. The first kappa shape index (κ1) is 19.6. The number of carbonyl (C=O) groups is 3. The first-order chi connectivity index (χ1) is 12.5. The predicted octanol–water partition coefficient (Wildman–Crippen LogP) is 0.663. The highest BCUT2D eigenvalue weighted by molar-refractivity contribution is 5.92. The summed E-state index contributed by atoms with van der Waals surface area (Å²) in [6.07, 6.45) is -0.181. The van der Waals surface area contributed by atoms with Crippen LogP contribution in [0.1, 0.15) is 18.9 Å². The number of aryl methyl sites for hydroxylation is 1. The fourth-order valence-corrected chi connectivity index (χ4v) is 2.71. The highest BCUT2D eigenvalue weighted by Crippen LogP contribution is 2.27. The van der Waals surface area contributed by atoms with Crippen LogP contribution in [0, 0.1) is 6.92 Å². The molecule has 142 valence electrons. The fourth-order valence-electron chi connectivity index (χ4n) is 2.71. The first-order valence-corrected chi connectivity index (χ1v) is 8.46. The second kappa shape index (κ2) is 9.07. The van der Waals surface area contributed by atoms with Crippen molar-refractivity contribution in [3.63, 3.8) is 0 Å². The van der Waals surface area contributed by atoms with E-state index in [1.807, 2.05) is 13.0 Å². The Morgan fingerprint density at radius 2 is 2.08 bits per heavy atom. The lowest BCUT2D eigenvalue weighted by atomic mass is 10.1. The lowest BCUT2D eigenvalue weighted by molar-refractivity contribution is -0.152. The number of hydrogen-bond donors (Lipinski definition) is 1. The lowest BCUT2D eigenvalue weighted by Gasteiger charge is -2.34. The number of nitrogens with zero attached hydrogens (tertiary/aromatic N) is 1. The van der Waals surface area contributed by atoms with Gasteiger partial charge < -0.3 is 24.4 Å². The van der Waals surface area contributed by atoms with E-state index in [2.05, 4.69) is 5.32 Å². The van der Waals surface area contributed by atoms with Crippen molar-refractivity contribution >= 4 is 17.8 Å². The molecule has 0 radical (unpaired) electrons. The number of piperazine rings is 1. The van der Waals surface area contributed by atoms with Crippen molar-refractivity contribution in [2.75, 3.05) is 33.4 Å². The number of amides is 2. The summed E-state index contributed by atoms with van der Waals surface area (Å²) in [5.74, 6) is -0.303. The minimum Gasteiger partial charge on any atom is -0.493 e. The monoisotopic (exact) mass is 364 g/mol. The van der Waals surface area contributed by atoms with Crippen LogP contribution in [0.2, 0.25) is 0 Å². The van der Waals surface area contributed by atoms with Gasteiger partial charge in [-0.2, -0.15) is 0 Å². The molecule has 0 bridgehead atoms. The molecule has 2 amide bonds. The molecule has 1 fully saturated rings. The van der Waals surface area contributed by atoms with Crippen LogP contribution in [0.15, 0.2) is 18.2 Å². The summed E-state index contributed by atoms with van der Waals surface area (Å²) in [4.78, 5) is 37.7. The standard InChI is InChI=1S/C18H24N2O6/c1-4-25-17(22)10-13-18(23)19-7-8-20(13)16(21)11-26-14-6-5-12(2)9-15(14)24-3/h5-6,9,13H,4,7-8,10-11H2,1-3H3,(H,19,23). The zero-order chi connectivity index (χ0) is 19.1. The Balaban J connectivity index is 2.04. The second-order valence-corrected chi connectivity index (χ2v) is 5.85. The maximum atomic E-state index is 12.6. The van der Waals surface area contributed by atoms with E-state index in [4.69, 9.17) is 14.2 Å². The minimum absolute atomic E-state index is 0.181. The van der Waals surface area contributed by atoms with Crippen molar-refractivity contribution < 1.29 is 28.6 Å². The van der Waals surface area contributed by atoms with Crippen molar-refractivity contribution in [2.45, 2.75) is 26.3 Å². The van der Waals surface area contributed by atoms with Gasteiger partial charge in [-0.25, -0.2) is 0 Å². The predicted molar refractivity (Wildman–Crippen MR) is 93.0 cm³/mol. The highest BCUT2D eigenvalue weighted by Gasteiger charge is 2.35. The quantitative estimate of drug-likeness (QED) is 0.715. The zero-order valence-corrected chi connectivity index (χ0v) is 15.2. The number of methoxy groups -OCH3 is 1. The number of hydrogen-bond acceptors (Lipinski definition) is 6. The van der Waals surface area contributed by atoms with Gasteiger partial charge in [-0.1, -0.05) is 6.07 Å². The van der Waals surface area contributed by atoms with Crippen LogP contribution in [0.4, 0.5) is 0 Å². The average Bonchev–Trinajstić information content (AvgIpc) is 2.62. The van der Waals surface area contributed by atoms with Gasteiger partial charge in [0, 0.05) is 13.1 Å². The molecule has 1 aliphatic heterocycles. The third-order valence-electron chi connectivity index (χ3n) is 3.99. The van der Waals surface area contributed by atoms with Gasteiger partial charge >= 0.3 is 5.97 Å². The van der Waals surface area contributed by atoms with Crippen LogP contribution in [0.5, 0.6) is 11.5 Å². The van der Waals surface area contributed by atoms with E-state index < -0.39 is 12.0 Å².